The third-order valence-electron chi connectivity index (χ3n) is 2.80. The Morgan fingerprint density at radius 2 is 1.90 bits per heavy atom. The van der Waals surface area contributed by atoms with Gasteiger partial charge in [-0.15, -0.1) is 15.0 Å². The summed E-state index contributed by atoms with van der Waals surface area (Å²) in [6.45, 7) is 1.48. The van der Waals surface area contributed by atoms with Crippen LogP contribution in [-0.4, -0.2) is 31.0 Å². The van der Waals surface area contributed by atoms with Crippen LogP contribution in [0.1, 0.15) is 17.3 Å². The van der Waals surface area contributed by atoms with Crippen LogP contribution in [0.2, 0.25) is 0 Å². The third kappa shape index (κ3) is 2.18. The molecule has 3 aromatic rings. The minimum absolute atomic E-state index is 0.0911. The zero-order valence-electron chi connectivity index (χ0n) is 10.8. The van der Waals surface area contributed by atoms with Gasteiger partial charge in [-0.05, 0) is 24.3 Å². The highest BCUT2D eigenvalue weighted by Gasteiger charge is 2.13. The van der Waals surface area contributed by atoms with E-state index in [2.05, 4.69) is 20.4 Å². The molecule has 2 aromatic heterocycles. The number of Topliss-reactive ketones (excluding diaryl/α,β-unsaturated/α-hetero) is 1. The molecule has 0 bridgehead atoms. The summed E-state index contributed by atoms with van der Waals surface area (Å²) in [5.41, 5.74) is 1.32. The van der Waals surface area contributed by atoms with Crippen molar-refractivity contribution in [2.24, 2.45) is 0 Å². The molecular formula is C14H11N5O. The number of carbonyl (C=O) groups is 1. The number of aromatic nitrogens is 5. The Kier molecular flexibility index (Phi) is 3.04. The average Bonchev–Trinajstić information content (AvgIpc) is 2.98. The highest BCUT2D eigenvalue weighted by molar-refractivity contribution is 5.96. The van der Waals surface area contributed by atoms with Gasteiger partial charge in [-0.1, -0.05) is 30.3 Å². The molecule has 98 valence electrons. The summed E-state index contributed by atoms with van der Waals surface area (Å²) in [4.78, 5) is 17.0. The number of benzene rings is 1. The first-order valence-corrected chi connectivity index (χ1v) is 6.07. The fraction of sp³-hybridized carbons (Fsp3) is 0.0714. The van der Waals surface area contributed by atoms with E-state index in [1.807, 2.05) is 30.3 Å². The number of ketones is 1. The molecule has 0 aliphatic heterocycles. The first-order valence-electron chi connectivity index (χ1n) is 6.07. The van der Waals surface area contributed by atoms with Gasteiger partial charge in [0.05, 0.1) is 5.56 Å². The van der Waals surface area contributed by atoms with Crippen LogP contribution in [0.5, 0.6) is 0 Å². The molecule has 0 spiro atoms. The quantitative estimate of drug-likeness (QED) is 0.676. The number of rotatable bonds is 3. The maximum Gasteiger partial charge on any atom is 0.205 e. The molecule has 6 heteroatoms. The third-order valence-corrected chi connectivity index (χ3v) is 2.80. The van der Waals surface area contributed by atoms with Crippen LogP contribution in [0, 0.1) is 0 Å². The molecule has 1 aromatic carbocycles. The Morgan fingerprint density at radius 3 is 2.65 bits per heavy atom. The van der Waals surface area contributed by atoms with Crippen molar-refractivity contribution >= 4 is 5.78 Å². The lowest BCUT2D eigenvalue weighted by atomic mass is 10.2. The summed E-state index contributed by atoms with van der Waals surface area (Å²) < 4.78 is 0. The standard InChI is InChI=1S/C14H11N5O/c1-10(20)12-8-5-9-15-14(12)19-17-13(16-18-19)11-6-3-2-4-7-11/h2-9H,1H3. The van der Waals surface area contributed by atoms with Crippen LogP contribution >= 0.6 is 0 Å². The van der Waals surface area contributed by atoms with Gasteiger partial charge >= 0.3 is 0 Å². The van der Waals surface area contributed by atoms with Gasteiger partial charge in [0, 0.05) is 11.8 Å². The molecule has 0 atom stereocenters. The van der Waals surface area contributed by atoms with Crippen molar-refractivity contribution in [3.8, 4) is 17.2 Å². The molecule has 6 nitrogen and oxygen atoms in total. The van der Waals surface area contributed by atoms with Crippen molar-refractivity contribution in [1.29, 1.82) is 0 Å². The maximum absolute atomic E-state index is 11.6. The fourth-order valence-corrected chi connectivity index (χ4v) is 1.84. The van der Waals surface area contributed by atoms with E-state index in [1.54, 1.807) is 18.3 Å². The predicted octanol–water partition coefficient (Wildman–Crippen LogP) is 1.93. The molecule has 0 unspecified atom stereocenters. The van der Waals surface area contributed by atoms with Crippen molar-refractivity contribution in [3.63, 3.8) is 0 Å². The average molecular weight is 265 g/mol. The number of nitrogens with zero attached hydrogens (tertiary/aromatic N) is 5. The molecule has 0 saturated heterocycles. The Balaban J connectivity index is 2.05. The molecule has 0 fully saturated rings. The SMILES string of the molecule is CC(=O)c1cccnc1-n1nnc(-c2ccccc2)n1. The van der Waals surface area contributed by atoms with Crippen LogP contribution < -0.4 is 0 Å². The van der Waals surface area contributed by atoms with E-state index < -0.39 is 0 Å². The smallest absolute Gasteiger partial charge is 0.205 e. The predicted molar refractivity (Wildman–Crippen MR) is 72.4 cm³/mol. The zero-order chi connectivity index (χ0) is 13.9. The highest BCUT2D eigenvalue weighted by atomic mass is 16.1. The van der Waals surface area contributed by atoms with E-state index in [0.29, 0.717) is 17.2 Å². The van der Waals surface area contributed by atoms with Gasteiger partial charge in [-0.3, -0.25) is 4.79 Å². The van der Waals surface area contributed by atoms with Crippen LogP contribution in [0.3, 0.4) is 0 Å². The molecule has 0 aliphatic carbocycles. The summed E-state index contributed by atoms with van der Waals surface area (Å²) >= 11 is 0. The minimum atomic E-state index is -0.0911. The van der Waals surface area contributed by atoms with Crippen molar-refractivity contribution in [1.82, 2.24) is 25.2 Å². The van der Waals surface area contributed by atoms with Crippen LogP contribution in [-0.2, 0) is 0 Å². The van der Waals surface area contributed by atoms with E-state index in [0.717, 1.165) is 5.56 Å². The molecule has 0 radical (unpaired) electrons. The van der Waals surface area contributed by atoms with Gasteiger partial charge in [0.2, 0.25) is 5.82 Å². The number of pyridine rings is 1. The molecule has 20 heavy (non-hydrogen) atoms. The second kappa shape index (κ2) is 5.00. The van der Waals surface area contributed by atoms with Gasteiger partial charge in [-0.2, -0.15) is 0 Å². The van der Waals surface area contributed by atoms with Gasteiger partial charge in [-0.25, -0.2) is 4.98 Å². The minimum Gasteiger partial charge on any atom is -0.294 e. The van der Waals surface area contributed by atoms with Crippen LogP contribution in [0.25, 0.3) is 17.2 Å². The van der Waals surface area contributed by atoms with E-state index in [4.69, 9.17) is 0 Å². The lowest BCUT2D eigenvalue weighted by molar-refractivity contribution is 0.101. The molecule has 2 heterocycles. The number of hydrogen-bond donors (Lipinski definition) is 0. The van der Waals surface area contributed by atoms with Gasteiger partial charge in [0.1, 0.15) is 0 Å². The lowest BCUT2D eigenvalue weighted by Crippen LogP contribution is -2.08. The topological polar surface area (TPSA) is 73.6 Å². The molecule has 0 amide bonds. The molecule has 0 saturated carbocycles. The first-order chi connectivity index (χ1) is 9.75. The van der Waals surface area contributed by atoms with Crippen molar-refractivity contribution in [2.75, 3.05) is 0 Å². The first kappa shape index (κ1) is 12.2. The summed E-state index contributed by atoms with van der Waals surface area (Å²) in [5.74, 6) is 0.784. The second-order valence-electron chi connectivity index (χ2n) is 4.20. The highest BCUT2D eigenvalue weighted by Crippen LogP contribution is 2.15. The Morgan fingerprint density at radius 1 is 1.10 bits per heavy atom. The number of tetrazole rings is 1. The second-order valence-corrected chi connectivity index (χ2v) is 4.20. The number of carbonyl (C=O) groups excluding carboxylic acids is 1. The normalized spacial score (nSPS) is 10.4. The summed E-state index contributed by atoms with van der Waals surface area (Å²) in [5, 5.41) is 12.2. The van der Waals surface area contributed by atoms with E-state index in [1.165, 1.54) is 11.7 Å². The molecule has 3 rings (SSSR count). The Bertz CT molecular complexity index is 751. The number of hydrogen-bond acceptors (Lipinski definition) is 5. The van der Waals surface area contributed by atoms with E-state index >= 15 is 0 Å². The van der Waals surface area contributed by atoms with Gasteiger partial charge < -0.3 is 0 Å². The van der Waals surface area contributed by atoms with Crippen LogP contribution in [0.15, 0.2) is 48.7 Å². The van der Waals surface area contributed by atoms with Crippen molar-refractivity contribution in [3.05, 3.63) is 54.2 Å². The molecule has 0 N–H and O–H groups in total. The van der Waals surface area contributed by atoms with Crippen molar-refractivity contribution < 1.29 is 4.79 Å². The van der Waals surface area contributed by atoms with Gasteiger partial charge in [0.15, 0.2) is 11.6 Å². The summed E-state index contributed by atoms with van der Waals surface area (Å²) in [7, 11) is 0. The van der Waals surface area contributed by atoms with E-state index in [9.17, 15) is 4.79 Å². The lowest BCUT2D eigenvalue weighted by Gasteiger charge is -2.02. The molecular weight excluding hydrogens is 254 g/mol. The zero-order valence-corrected chi connectivity index (χ0v) is 10.8. The van der Waals surface area contributed by atoms with E-state index in [-0.39, 0.29) is 5.78 Å². The van der Waals surface area contributed by atoms with Gasteiger partial charge in [0.25, 0.3) is 0 Å². The maximum atomic E-state index is 11.6. The fourth-order valence-electron chi connectivity index (χ4n) is 1.84. The largest absolute Gasteiger partial charge is 0.294 e. The summed E-state index contributed by atoms with van der Waals surface area (Å²) in [6, 6.07) is 12.9. The Labute approximate surface area is 115 Å². The monoisotopic (exact) mass is 265 g/mol. The summed E-state index contributed by atoms with van der Waals surface area (Å²) in [6.07, 6.45) is 1.59. The Hall–Kier alpha value is -2.89. The van der Waals surface area contributed by atoms with Crippen molar-refractivity contribution in [2.45, 2.75) is 6.92 Å². The molecule has 0 aliphatic rings. The van der Waals surface area contributed by atoms with Crippen LogP contribution in [0.4, 0.5) is 0 Å².